The van der Waals surface area contributed by atoms with Crippen molar-refractivity contribution < 1.29 is 33.7 Å². The molecule has 1 aliphatic rings. The summed E-state index contributed by atoms with van der Waals surface area (Å²) in [6.45, 7) is 13.5. The number of hydrogen-bond donors (Lipinski definition) is 1. The number of carbonyl (C=O) groups is 3. The second kappa shape index (κ2) is 14.0. The maximum atomic E-state index is 14.0. The normalized spacial score (nSPS) is 14.8. The van der Waals surface area contributed by atoms with Gasteiger partial charge in [0.2, 0.25) is 5.78 Å². The Morgan fingerprint density at radius 3 is 2.44 bits per heavy atom. The lowest BCUT2D eigenvalue weighted by atomic mass is 9.95. The average molecular weight is 626 g/mol. The molecule has 228 valence electrons. The summed E-state index contributed by atoms with van der Waals surface area (Å²) < 4.78 is 17.1. The number of aliphatic hydroxyl groups is 1. The molecule has 43 heavy (non-hydrogen) atoms. The minimum absolute atomic E-state index is 0.0124. The maximum absolute atomic E-state index is 14.0. The molecule has 0 saturated carbocycles. The van der Waals surface area contributed by atoms with Crippen LogP contribution in [0.3, 0.4) is 0 Å². The fraction of sp³-hybridized carbons (Fsp3) is 0.387. The summed E-state index contributed by atoms with van der Waals surface area (Å²) in [5.41, 5.74) is 1.23. The van der Waals surface area contributed by atoms with E-state index in [0.29, 0.717) is 51.5 Å². The highest BCUT2D eigenvalue weighted by atomic mass is 32.1. The van der Waals surface area contributed by atoms with E-state index in [-0.39, 0.29) is 22.2 Å². The number of hydrogen-bond acceptors (Lipinski definition) is 11. The van der Waals surface area contributed by atoms with Crippen LogP contribution in [0.2, 0.25) is 0 Å². The standard InChI is InChI=1S/C31H35N3O7S2/c1-7-10-11-15-40-21-13-12-20(16-22(21)39-9-3)24-23(25(35)27-17(4)32-19(6)42-27)26(36)29(37)34(24)31-33-18(5)28(43-31)30(38)41-14-8-2/h8,12-13,16,24,36H,2,7,9-11,14-15H2,1,3-6H3. The maximum Gasteiger partial charge on any atom is 0.350 e. The van der Waals surface area contributed by atoms with E-state index < -0.39 is 29.5 Å². The number of benzene rings is 1. The first-order chi connectivity index (χ1) is 20.6. The quantitative estimate of drug-likeness (QED) is 0.0910. The van der Waals surface area contributed by atoms with Crippen LogP contribution >= 0.6 is 22.7 Å². The van der Waals surface area contributed by atoms with Gasteiger partial charge in [0.15, 0.2) is 22.4 Å². The number of rotatable bonds is 14. The van der Waals surface area contributed by atoms with Crippen LogP contribution < -0.4 is 14.4 Å². The zero-order valence-electron chi connectivity index (χ0n) is 24.9. The number of aliphatic hydroxyl groups excluding tert-OH is 1. The fourth-order valence-electron chi connectivity index (χ4n) is 4.71. The van der Waals surface area contributed by atoms with Crippen molar-refractivity contribution >= 4 is 45.5 Å². The summed E-state index contributed by atoms with van der Waals surface area (Å²) in [7, 11) is 0. The van der Waals surface area contributed by atoms with Gasteiger partial charge in [0.1, 0.15) is 11.5 Å². The molecule has 0 bridgehead atoms. The molecule has 0 radical (unpaired) electrons. The number of thiazole rings is 2. The van der Waals surface area contributed by atoms with Crippen molar-refractivity contribution in [3.63, 3.8) is 0 Å². The molecular weight excluding hydrogens is 590 g/mol. The summed E-state index contributed by atoms with van der Waals surface area (Å²) in [4.78, 5) is 51.0. The summed E-state index contributed by atoms with van der Waals surface area (Å²) in [6, 6.07) is 4.11. The number of nitrogens with zero attached hydrogens (tertiary/aromatic N) is 3. The zero-order chi connectivity index (χ0) is 31.3. The number of esters is 1. The molecule has 1 N–H and O–H groups in total. The van der Waals surface area contributed by atoms with Crippen molar-refractivity contribution in [2.24, 2.45) is 0 Å². The van der Waals surface area contributed by atoms with E-state index >= 15 is 0 Å². The molecule has 2 aromatic heterocycles. The van der Waals surface area contributed by atoms with Gasteiger partial charge in [-0.15, -0.1) is 11.3 Å². The van der Waals surface area contributed by atoms with Gasteiger partial charge < -0.3 is 19.3 Å². The Morgan fingerprint density at radius 2 is 1.79 bits per heavy atom. The van der Waals surface area contributed by atoms with Crippen LogP contribution in [0.25, 0.3) is 0 Å². The molecule has 1 aromatic carbocycles. The van der Waals surface area contributed by atoms with Crippen molar-refractivity contribution in [1.82, 2.24) is 9.97 Å². The highest BCUT2D eigenvalue weighted by Gasteiger charge is 2.47. The van der Waals surface area contributed by atoms with Gasteiger partial charge in [-0.25, -0.2) is 14.8 Å². The fourth-order valence-corrected chi connectivity index (χ4v) is 6.57. The van der Waals surface area contributed by atoms with Crippen LogP contribution in [0.5, 0.6) is 11.5 Å². The average Bonchev–Trinajstić information content (AvgIpc) is 3.62. The predicted octanol–water partition coefficient (Wildman–Crippen LogP) is 6.62. The van der Waals surface area contributed by atoms with Crippen molar-refractivity contribution in [3.05, 3.63) is 73.9 Å². The second-order valence-corrected chi connectivity index (χ2v) is 12.0. The minimum atomic E-state index is -1.07. The van der Waals surface area contributed by atoms with E-state index in [1.54, 1.807) is 39.0 Å². The monoisotopic (exact) mass is 625 g/mol. The van der Waals surface area contributed by atoms with E-state index in [0.717, 1.165) is 30.6 Å². The van der Waals surface area contributed by atoms with Crippen LogP contribution in [0.15, 0.2) is 42.2 Å². The molecule has 4 rings (SSSR count). The van der Waals surface area contributed by atoms with Gasteiger partial charge in [-0.1, -0.05) is 49.8 Å². The number of aromatic nitrogens is 2. The third-order valence-electron chi connectivity index (χ3n) is 6.66. The topological polar surface area (TPSA) is 128 Å². The van der Waals surface area contributed by atoms with Crippen molar-refractivity contribution in [2.45, 2.75) is 59.9 Å². The number of anilines is 1. The Labute approximate surface area is 258 Å². The Bertz CT molecular complexity index is 1570. The molecule has 0 fully saturated rings. The minimum Gasteiger partial charge on any atom is -0.503 e. The van der Waals surface area contributed by atoms with Gasteiger partial charge in [0.05, 0.1) is 46.1 Å². The molecule has 1 atom stereocenters. The van der Waals surface area contributed by atoms with E-state index in [2.05, 4.69) is 23.5 Å². The third-order valence-corrected chi connectivity index (χ3v) is 8.87. The molecule has 3 aromatic rings. The van der Waals surface area contributed by atoms with E-state index in [1.807, 2.05) is 6.92 Å². The largest absolute Gasteiger partial charge is 0.503 e. The summed E-state index contributed by atoms with van der Waals surface area (Å²) in [6.07, 6.45) is 4.43. The van der Waals surface area contributed by atoms with Gasteiger partial charge in [-0.3, -0.25) is 14.5 Å². The Hall–Kier alpha value is -4.03. The number of ketones is 1. The Kier molecular flexibility index (Phi) is 10.4. The lowest BCUT2D eigenvalue weighted by Crippen LogP contribution is -2.31. The van der Waals surface area contributed by atoms with Crippen molar-refractivity contribution in [2.75, 3.05) is 24.7 Å². The smallest absolute Gasteiger partial charge is 0.350 e. The number of amides is 1. The molecule has 1 unspecified atom stereocenters. The first-order valence-corrected chi connectivity index (χ1v) is 15.7. The summed E-state index contributed by atoms with van der Waals surface area (Å²) in [5, 5.41) is 12.0. The van der Waals surface area contributed by atoms with Crippen molar-refractivity contribution in [1.29, 1.82) is 0 Å². The molecule has 1 aliphatic heterocycles. The van der Waals surface area contributed by atoms with Gasteiger partial charge in [0.25, 0.3) is 5.91 Å². The van der Waals surface area contributed by atoms with E-state index in [9.17, 15) is 19.5 Å². The molecule has 3 heterocycles. The number of carbonyl (C=O) groups excluding carboxylic acids is 3. The van der Waals surface area contributed by atoms with Gasteiger partial charge >= 0.3 is 5.97 Å². The Balaban J connectivity index is 1.84. The number of unbranched alkanes of at least 4 members (excludes halogenated alkanes) is 2. The first kappa shape index (κ1) is 31.9. The Morgan fingerprint density at radius 1 is 1.05 bits per heavy atom. The third kappa shape index (κ3) is 6.65. The summed E-state index contributed by atoms with van der Waals surface area (Å²) >= 11 is 2.13. The second-order valence-electron chi connectivity index (χ2n) is 9.81. The molecular formula is C31H35N3O7S2. The predicted molar refractivity (Wildman–Crippen MR) is 166 cm³/mol. The lowest BCUT2D eigenvalue weighted by molar-refractivity contribution is -0.117. The van der Waals surface area contributed by atoms with Gasteiger partial charge in [0, 0.05) is 0 Å². The van der Waals surface area contributed by atoms with Crippen LogP contribution in [-0.4, -0.2) is 52.6 Å². The van der Waals surface area contributed by atoms with E-state index in [4.69, 9.17) is 14.2 Å². The SMILES string of the molecule is C=CCOC(=O)c1sc(N2C(=O)C(O)=C(C(=O)c3sc(C)nc3C)C2c2ccc(OCCCCC)c(OCC)c2)nc1C. The van der Waals surface area contributed by atoms with E-state index in [1.165, 1.54) is 22.3 Å². The molecule has 0 aliphatic carbocycles. The molecule has 0 spiro atoms. The number of aryl methyl sites for hydroxylation is 3. The molecule has 12 heteroatoms. The lowest BCUT2D eigenvalue weighted by Gasteiger charge is -2.25. The number of ether oxygens (including phenoxy) is 3. The van der Waals surface area contributed by atoms with Crippen LogP contribution in [0, 0.1) is 20.8 Å². The molecule has 1 amide bonds. The highest BCUT2D eigenvalue weighted by Crippen LogP contribution is 2.46. The van der Waals surface area contributed by atoms with Gasteiger partial charge in [-0.05, 0) is 51.8 Å². The molecule has 10 nitrogen and oxygen atoms in total. The summed E-state index contributed by atoms with van der Waals surface area (Å²) in [5.74, 6) is -1.66. The zero-order valence-corrected chi connectivity index (χ0v) is 26.5. The van der Waals surface area contributed by atoms with Crippen LogP contribution in [0.4, 0.5) is 5.13 Å². The van der Waals surface area contributed by atoms with Gasteiger partial charge in [-0.2, -0.15) is 0 Å². The first-order valence-electron chi connectivity index (χ1n) is 14.0. The molecule has 0 saturated heterocycles. The van der Waals surface area contributed by atoms with Crippen LogP contribution in [-0.2, 0) is 9.53 Å². The van der Waals surface area contributed by atoms with Crippen LogP contribution in [0.1, 0.15) is 80.5 Å². The number of Topliss-reactive ketones (excluding diaryl/α,β-unsaturated/α-hetero) is 1. The van der Waals surface area contributed by atoms with Crippen molar-refractivity contribution in [3.8, 4) is 11.5 Å². The highest BCUT2D eigenvalue weighted by molar-refractivity contribution is 7.17.